The van der Waals surface area contributed by atoms with Crippen LogP contribution in [0.3, 0.4) is 0 Å². The van der Waals surface area contributed by atoms with Crippen molar-refractivity contribution in [2.45, 2.75) is 45.3 Å². The van der Waals surface area contributed by atoms with Crippen LogP contribution < -0.4 is 0 Å². The lowest BCUT2D eigenvalue weighted by atomic mass is 10.2. The number of hydrogen-bond acceptors (Lipinski definition) is 2. The van der Waals surface area contributed by atoms with Gasteiger partial charge in [-0.05, 0) is 33.2 Å². The maximum Gasteiger partial charge on any atom is 0.0794 e. The van der Waals surface area contributed by atoms with Crippen LogP contribution >= 0.6 is 0 Å². The lowest BCUT2D eigenvalue weighted by Crippen LogP contribution is -2.23. The Morgan fingerprint density at radius 3 is 2.81 bits per heavy atom. The van der Waals surface area contributed by atoms with E-state index in [0.29, 0.717) is 6.10 Å². The Morgan fingerprint density at radius 2 is 2.25 bits per heavy atom. The standard InChI is InChI=1S/C14H25NO/c1-4-6-7-9-13(8-5-2)16-14-10-11-15(3)12-14/h5-8,13-14H,4,9-12H2,1-3H3/b7-6-,8-5-/t13?,14-/m1/s1. The molecule has 0 aliphatic carbocycles. The highest BCUT2D eigenvalue weighted by molar-refractivity contribution is 4.94. The van der Waals surface area contributed by atoms with Crippen molar-refractivity contribution in [3.05, 3.63) is 24.3 Å². The number of ether oxygens (including phenoxy) is 1. The molecule has 1 heterocycles. The lowest BCUT2D eigenvalue weighted by molar-refractivity contribution is 0.0222. The molecule has 1 aliphatic heterocycles. The van der Waals surface area contributed by atoms with Crippen LogP contribution in [0.2, 0.25) is 0 Å². The molecule has 1 aliphatic rings. The Balaban J connectivity index is 2.35. The van der Waals surface area contributed by atoms with E-state index in [2.05, 4.69) is 50.1 Å². The van der Waals surface area contributed by atoms with Crippen molar-refractivity contribution in [1.82, 2.24) is 4.90 Å². The van der Waals surface area contributed by atoms with Crippen molar-refractivity contribution in [3.63, 3.8) is 0 Å². The van der Waals surface area contributed by atoms with Gasteiger partial charge >= 0.3 is 0 Å². The Kier molecular flexibility index (Phi) is 6.43. The molecule has 1 saturated heterocycles. The fraction of sp³-hybridized carbons (Fsp3) is 0.714. The monoisotopic (exact) mass is 223 g/mol. The van der Waals surface area contributed by atoms with E-state index in [4.69, 9.17) is 4.74 Å². The van der Waals surface area contributed by atoms with Crippen molar-refractivity contribution in [3.8, 4) is 0 Å². The minimum Gasteiger partial charge on any atom is -0.369 e. The zero-order chi connectivity index (χ0) is 11.8. The number of likely N-dealkylation sites (N-methyl/N-ethyl adjacent to an activating group) is 1. The maximum atomic E-state index is 6.09. The van der Waals surface area contributed by atoms with Crippen molar-refractivity contribution < 1.29 is 4.74 Å². The van der Waals surface area contributed by atoms with E-state index in [1.54, 1.807) is 0 Å². The van der Waals surface area contributed by atoms with Gasteiger partial charge in [-0.15, -0.1) is 0 Å². The molecule has 0 aromatic heterocycles. The second kappa shape index (κ2) is 7.64. The molecule has 0 saturated carbocycles. The molecular weight excluding hydrogens is 198 g/mol. The van der Waals surface area contributed by atoms with Crippen LogP contribution in [-0.4, -0.2) is 37.2 Å². The van der Waals surface area contributed by atoms with E-state index >= 15 is 0 Å². The lowest BCUT2D eigenvalue weighted by Gasteiger charge is -2.18. The average molecular weight is 223 g/mol. The second-order valence-electron chi connectivity index (χ2n) is 4.49. The SMILES string of the molecule is C/C=C\C(C/C=C\CC)O[C@@H]1CCN(C)C1. The van der Waals surface area contributed by atoms with Gasteiger partial charge in [0.1, 0.15) is 0 Å². The summed E-state index contributed by atoms with van der Waals surface area (Å²) in [6, 6.07) is 0. The van der Waals surface area contributed by atoms with Gasteiger partial charge in [-0.2, -0.15) is 0 Å². The van der Waals surface area contributed by atoms with Gasteiger partial charge in [0, 0.05) is 13.1 Å². The first-order valence-electron chi connectivity index (χ1n) is 6.38. The van der Waals surface area contributed by atoms with Crippen molar-refractivity contribution in [2.24, 2.45) is 0 Å². The first-order valence-corrected chi connectivity index (χ1v) is 6.38. The van der Waals surface area contributed by atoms with Crippen LogP contribution in [0.1, 0.15) is 33.1 Å². The van der Waals surface area contributed by atoms with Gasteiger partial charge in [0.15, 0.2) is 0 Å². The molecule has 92 valence electrons. The van der Waals surface area contributed by atoms with Crippen LogP contribution in [0.5, 0.6) is 0 Å². The highest BCUT2D eigenvalue weighted by Gasteiger charge is 2.21. The van der Waals surface area contributed by atoms with Gasteiger partial charge in [0.25, 0.3) is 0 Å². The summed E-state index contributed by atoms with van der Waals surface area (Å²) in [7, 11) is 2.16. The highest BCUT2D eigenvalue weighted by Crippen LogP contribution is 2.15. The normalized spacial score (nSPS) is 24.8. The maximum absolute atomic E-state index is 6.09. The molecule has 0 bridgehead atoms. The van der Waals surface area contributed by atoms with Crippen LogP contribution in [0.4, 0.5) is 0 Å². The minimum atomic E-state index is 0.254. The predicted molar refractivity (Wildman–Crippen MR) is 69.6 cm³/mol. The van der Waals surface area contributed by atoms with Crippen LogP contribution in [0, 0.1) is 0 Å². The molecule has 1 unspecified atom stereocenters. The number of likely N-dealkylation sites (tertiary alicyclic amines) is 1. The van der Waals surface area contributed by atoms with Crippen molar-refractivity contribution >= 4 is 0 Å². The molecule has 0 radical (unpaired) electrons. The molecule has 0 aromatic rings. The molecule has 0 spiro atoms. The third kappa shape index (κ3) is 4.95. The van der Waals surface area contributed by atoms with Crippen LogP contribution in [0.15, 0.2) is 24.3 Å². The molecule has 0 amide bonds. The van der Waals surface area contributed by atoms with Crippen molar-refractivity contribution in [1.29, 1.82) is 0 Å². The fourth-order valence-corrected chi connectivity index (χ4v) is 2.04. The van der Waals surface area contributed by atoms with Gasteiger partial charge in [0.05, 0.1) is 12.2 Å². The Hall–Kier alpha value is -0.600. The molecule has 0 aromatic carbocycles. The summed E-state index contributed by atoms with van der Waals surface area (Å²) in [4.78, 5) is 2.33. The quantitative estimate of drug-likeness (QED) is 0.642. The molecule has 16 heavy (non-hydrogen) atoms. The van der Waals surface area contributed by atoms with E-state index in [0.717, 1.165) is 25.9 Å². The summed E-state index contributed by atoms with van der Waals surface area (Å²) in [6.07, 6.45) is 12.6. The second-order valence-corrected chi connectivity index (χ2v) is 4.49. The summed E-state index contributed by atoms with van der Waals surface area (Å²) >= 11 is 0. The fourth-order valence-electron chi connectivity index (χ4n) is 2.04. The average Bonchev–Trinajstić information content (AvgIpc) is 2.65. The van der Waals surface area contributed by atoms with E-state index in [-0.39, 0.29) is 6.10 Å². The summed E-state index contributed by atoms with van der Waals surface area (Å²) in [5, 5.41) is 0. The van der Waals surface area contributed by atoms with Gasteiger partial charge in [0.2, 0.25) is 0 Å². The number of nitrogens with zero attached hydrogens (tertiary/aromatic N) is 1. The smallest absolute Gasteiger partial charge is 0.0794 e. The molecule has 2 atom stereocenters. The Labute approximate surface area is 100.0 Å². The molecule has 2 nitrogen and oxygen atoms in total. The van der Waals surface area contributed by atoms with Gasteiger partial charge in [-0.3, -0.25) is 0 Å². The first-order chi connectivity index (χ1) is 7.76. The minimum absolute atomic E-state index is 0.254. The molecule has 1 rings (SSSR count). The van der Waals surface area contributed by atoms with E-state index in [1.807, 2.05) is 0 Å². The van der Waals surface area contributed by atoms with Crippen LogP contribution in [-0.2, 0) is 4.74 Å². The summed E-state index contributed by atoms with van der Waals surface area (Å²) in [5.41, 5.74) is 0. The van der Waals surface area contributed by atoms with Crippen molar-refractivity contribution in [2.75, 3.05) is 20.1 Å². The first kappa shape index (κ1) is 13.5. The van der Waals surface area contributed by atoms with Gasteiger partial charge in [-0.25, -0.2) is 0 Å². The Bertz CT molecular complexity index is 235. The van der Waals surface area contributed by atoms with E-state index in [1.165, 1.54) is 6.42 Å². The number of rotatable bonds is 6. The predicted octanol–water partition coefficient (Wildman–Crippen LogP) is 3.01. The summed E-state index contributed by atoms with van der Waals surface area (Å²) in [6.45, 7) is 6.46. The van der Waals surface area contributed by atoms with Crippen LogP contribution in [0.25, 0.3) is 0 Å². The van der Waals surface area contributed by atoms with E-state index in [9.17, 15) is 0 Å². The molecule has 0 N–H and O–H groups in total. The molecule has 2 heteroatoms. The zero-order valence-electron chi connectivity index (χ0n) is 10.9. The number of allylic oxidation sites excluding steroid dienone is 2. The third-order valence-corrected chi connectivity index (χ3v) is 2.89. The summed E-state index contributed by atoms with van der Waals surface area (Å²) in [5.74, 6) is 0. The highest BCUT2D eigenvalue weighted by atomic mass is 16.5. The Morgan fingerprint density at radius 1 is 1.44 bits per heavy atom. The third-order valence-electron chi connectivity index (χ3n) is 2.89. The number of hydrogen-bond donors (Lipinski definition) is 0. The van der Waals surface area contributed by atoms with Gasteiger partial charge in [-0.1, -0.05) is 31.2 Å². The largest absolute Gasteiger partial charge is 0.369 e. The zero-order valence-corrected chi connectivity index (χ0v) is 10.9. The molecular formula is C14H25NO. The summed E-state index contributed by atoms with van der Waals surface area (Å²) < 4.78 is 6.09. The van der Waals surface area contributed by atoms with E-state index < -0.39 is 0 Å². The topological polar surface area (TPSA) is 12.5 Å². The molecule has 1 fully saturated rings. The van der Waals surface area contributed by atoms with Gasteiger partial charge < -0.3 is 9.64 Å².